The number of anilines is 1. The molecule has 1 atom stereocenters. The highest BCUT2D eigenvalue weighted by molar-refractivity contribution is 6.33. The van der Waals surface area contributed by atoms with Gasteiger partial charge in [-0.05, 0) is 19.4 Å². The molecule has 140 valence electrons. The molecule has 0 bridgehead atoms. The summed E-state index contributed by atoms with van der Waals surface area (Å²) in [5, 5.41) is 2.90. The van der Waals surface area contributed by atoms with Crippen LogP contribution < -0.4 is 10.2 Å². The van der Waals surface area contributed by atoms with E-state index in [1.165, 1.54) is 0 Å². The summed E-state index contributed by atoms with van der Waals surface area (Å²) in [4.78, 5) is 19.6. The van der Waals surface area contributed by atoms with E-state index in [1.54, 1.807) is 0 Å². The number of hydrogen-bond donors (Lipinski definition) is 1. The van der Waals surface area contributed by atoms with E-state index in [2.05, 4.69) is 10.3 Å². The smallest absolute Gasteiger partial charge is 0.353 e. The molecule has 25 heavy (non-hydrogen) atoms. The van der Waals surface area contributed by atoms with Crippen LogP contribution in [0.1, 0.15) is 25.8 Å². The summed E-state index contributed by atoms with van der Waals surface area (Å²) in [6, 6.07) is 1.04. The SMILES string of the molecule is CCC(C)NC(=O)CN1CCN(c2ncc(C(F)(F)F)cc2Cl)CC1. The van der Waals surface area contributed by atoms with Gasteiger partial charge in [-0.25, -0.2) is 4.98 Å². The second-order valence-electron chi connectivity index (χ2n) is 6.17. The summed E-state index contributed by atoms with van der Waals surface area (Å²) in [5.41, 5.74) is -0.860. The zero-order chi connectivity index (χ0) is 18.6. The van der Waals surface area contributed by atoms with Crippen molar-refractivity contribution in [1.82, 2.24) is 15.2 Å². The maximum Gasteiger partial charge on any atom is 0.417 e. The first-order valence-electron chi connectivity index (χ1n) is 8.20. The fourth-order valence-electron chi connectivity index (χ4n) is 2.56. The van der Waals surface area contributed by atoms with Crippen molar-refractivity contribution in [2.75, 3.05) is 37.6 Å². The Kier molecular flexibility index (Phi) is 6.51. The molecule has 0 radical (unpaired) electrons. The predicted octanol–water partition coefficient (Wildman–Crippen LogP) is 2.79. The van der Waals surface area contributed by atoms with Crippen molar-refractivity contribution in [3.63, 3.8) is 0 Å². The summed E-state index contributed by atoms with van der Waals surface area (Å²) in [5.74, 6) is 0.326. The lowest BCUT2D eigenvalue weighted by Gasteiger charge is -2.35. The van der Waals surface area contributed by atoms with Crippen molar-refractivity contribution >= 4 is 23.3 Å². The number of hydrogen-bond acceptors (Lipinski definition) is 4. The molecule has 9 heteroatoms. The number of rotatable bonds is 5. The molecule has 1 unspecified atom stereocenters. The minimum atomic E-state index is -4.46. The lowest BCUT2D eigenvalue weighted by atomic mass is 10.2. The number of piperazine rings is 1. The largest absolute Gasteiger partial charge is 0.417 e. The Hall–Kier alpha value is -1.54. The maximum absolute atomic E-state index is 12.7. The van der Waals surface area contributed by atoms with E-state index < -0.39 is 11.7 Å². The molecule has 1 aromatic rings. The Morgan fingerprint density at radius 1 is 1.36 bits per heavy atom. The molecule has 1 N–H and O–H groups in total. The fraction of sp³-hybridized carbons (Fsp3) is 0.625. The zero-order valence-corrected chi connectivity index (χ0v) is 15.0. The first-order valence-corrected chi connectivity index (χ1v) is 8.58. The first-order chi connectivity index (χ1) is 11.7. The van der Waals surface area contributed by atoms with Gasteiger partial charge in [-0.3, -0.25) is 9.69 Å². The molecule has 1 aliphatic heterocycles. The lowest BCUT2D eigenvalue weighted by molar-refractivity contribution is -0.137. The topological polar surface area (TPSA) is 48.5 Å². The Bertz CT molecular complexity index is 604. The number of aromatic nitrogens is 1. The van der Waals surface area contributed by atoms with E-state index >= 15 is 0 Å². The molecule has 1 aliphatic rings. The fourth-order valence-corrected chi connectivity index (χ4v) is 2.85. The summed E-state index contributed by atoms with van der Waals surface area (Å²) in [6.45, 7) is 6.61. The molecule has 0 aliphatic carbocycles. The van der Waals surface area contributed by atoms with Crippen LogP contribution in [0.25, 0.3) is 0 Å². The molecule has 0 saturated carbocycles. The van der Waals surface area contributed by atoms with Gasteiger partial charge < -0.3 is 10.2 Å². The number of nitrogens with zero attached hydrogens (tertiary/aromatic N) is 3. The highest BCUT2D eigenvalue weighted by Gasteiger charge is 2.32. The lowest BCUT2D eigenvalue weighted by Crippen LogP contribution is -2.50. The van der Waals surface area contributed by atoms with Crippen LogP contribution in [0.5, 0.6) is 0 Å². The van der Waals surface area contributed by atoms with Gasteiger partial charge in [0.2, 0.25) is 5.91 Å². The normalized spacial score (nSPS) is 17.4. The molecule has 1 amide bonds. The molecule has 1 fully saturated rings. The number of alkyl halides is 3. The van der Waals surface area contributed by atoms with Crippen LogP contribution in [-0.4, -0.2) is 54.6 Å². The number of nitrogens with one attached hydrogen (secondary N) is 1. The molecule has 2 heterocycles. The van der Waals surface area contributed by atoms with Crippen molar-refractivity contribution in [3.8, 4) is 0 Å². The second-order valence-corrected chi connectivity index (χ2v) is 6.57. The van der Waals surface area contributed by atoms with Gasteiger partial charge in [0.1, 0.15) is 5.82 Å². The van der Waals surface area contributed by atoms with E-state index in [0.29, 0.717) is 38.5 Å². The van der Waals surface area contributed by atoms with Gasteiger partial charge in [-0.1, -0.05) is 18.5 Å². The zero-order valence-electron chi connectivity index (χ0n) is 14.2. The third kappa shape index (κ3) is 5.47. The minimum Gasteiger partial charge on any atom is -0.353 e. The average molecular weight is 379 g/mol. The van der Waals surface area contributed by atoms with Crippen molar-refractivity contribution in [1.29, 1.82) is 0 Å². The number of pyridine rings is 1. The number of amides is 1. The van der Waals surface area contributed by atoms with Gasteiger partial charge in [0, 0.05) is 38.4 Å². The monoisotopic (exact) mass is 378 g/mol. The highest BCUT2D eigenvalue weighted by atomic mass is 35.5. The molecule has 1 aromatic heterocycles. The summed E-state index contributed by atoms with van der Waals surface area (Å²) < 4.78 is 38.0. The molecule has 5 nitrogen and oxygen atoms in total. The quantitative estimate of drug-likeness (QED) is 0.856. The van der Waals surface area contributed by atoms with Gasteiger partial charge in [-0.2, -0.15) is 13.2 Å². The summed E-state index contributed by atoms with van der Waals surface area (Å²) >= 11 is 5.98. The Balaban J connectivity index is 1.91. The van der Waals surface area contributed by atoms with Gasteiger partial charge in [0.15, 0.2) is 0 Å². The summed E-state index contributed by atoms with van der Waals surface area (Å²) in [7, 11) is 0. The van der Waals surface area contributed by atoms with E-state index in [4.69, 9.17) is 11.6 Å². The minimum absolute atomic E-state index is 0.0159. The van der Waals surface area contributed by atoms with Gasteiger partial charge in [0.05, 0.1) is 17.1 Å². The van der Waals surface area contributed by atoms with Crippen molar-refractivity contribution in [2.45, 2.75) is 32.5 Å². The van der Waals surface area contributed by atoms with Crippen molar-refractivity contribution < 1.29 is 18.0 Å². The van der Waals surface area contributed by atoms with Crippen molar-refractivity contribution in [2.24, 2.45) is 0 Å². The van der Waals surface area contributed by atoms with E-state index in [0.717, 1.165) is 18.7 Å². The number of carbonyl (C=O) groups is 1. The average Bonchev–Trinajstić information content (AvgIpc) is 2.54. The van der Waals surface area contributed by atoms with Crippen molar-refractivity contribution in [3.05, 3.63) is 22.8 Å². The maximum atomic E-state index is 12.7. The van der Waals surface area contributed by atoms with Crippen LogP contribution in [-0.2, 0) is 11.0 Å². The van der Waals surface area contributed by atoms with Crippen LogP contribution in [0.4, 0.5) is 19.0 Å². The molecule has 2 rings (SSSR count). The number of halogens is 4. The molecule has 0 aromatic carbocycles. The highest BCUT2D eigenvalue weighted by Crippen LogP contribution is 2.33. The third-order valence-electron chi connectivity index (χ3n) is 4.21. The Labute approximate surface area is 150 Å². The Morgan fingerprint density at radius 2 is 2.00 bits per heavy atom. The van der Waals surface area contributed by atoms with Gasteiger partial charge >= 0.3 is 6.18 Å². The molecule has 1 saturated heterocycles. The standard InChI is InChI=1S/C16H22ClF3N4O/c1-3-11(2)22-14(25)10-23-4-6-24(7-5-23)15-13(17)8-12(9-21-15)16(18,19)20/h8-9,11H,3-7,10H2,1-2H3,(H,22,25). The van der Waals surface area contributed by atoms with Crippen LogP contribution >= 0.6 is 11.6 Å². The Morgan fingerprint density at radius 3 is 2.52 bits per heavy atom. The van der Waals surface area contributed by atoms with Crippen LogP contribution in [0.2, 0.25) is 5.02 Å². The number of carbonyl (C=O) groups excluding carboxylic acids is 1. The second kappa shape index (κ2) is 8.23. The van der Waals surface area contributed by atoms with E-state index in [1.807, 2.05) is 23.6 Å². The van der Waals surface area contributed by atoms with E-state index in [9.17, 15) is 18.0 Å². The first kappa shape index (κ1) is 19.8. The summed E-state index contributed by atoms with van der Waals surface area (Å²) in [6.07, 6.45) is -2.79. The molecular weight excluding hydrogens is 357 g/mol. The van der Waals surface area contributed by atoms with Crippen LogP contribution in [0.15, 0.2) is 12.3 Å². The molecular formula is C16H22ClF3N4O. The predicted molar refractivity (Wildman–Crippen MR) is 90.8 cm³/mol. The third-order valence-corrected chi connectivity index (χ3v) is 4.49. The van der Waals surface area contributed by atoms with Gasteiger partial charge in [-0.15, -0.1) is 0 Å². The van der Waals surface area contributed by atoms with Crippen LogP contribution in [0, 0.1) is 0 Å². The van der Waals surface area contributed by atoms with E-state index in [-0.39, 0.29) is 17.0 Å². The van der Waals surface area contributed by atoms with Crippen LogP contribution in [0.3, 0.4) is 0 Å². The van der Waals surface area contributed by atoms with Gasteiger partial charge in [0.25, 0.3) is 0 Å². The molecule has 0 spiro atoms.